The van der Waals surface area contributed by atoms with Crippen molar-refractivity contribution >= 4 is 17.9 Å². The number of carbonyl (C=O) groups excluding carboxylic acids is 2. The topological polar surface area (TPSA) is 113 Å². The van der Waals surface area contributed by atoms with Crippen molar-refractivity contribution in [3.8, 4) is 0 Å². The summed E-state index contributed by atoms with van der Waals surface area (Å²) < 4.78 is 0. The van der Waals surface area contributed by atoms with Crippen LogP contribution in [0, 0.1) is 0 Å². The Morgan fingerprint density at radius 1 is 1.39 bits per heavy atom. The first-order chi connectivity index (χ1) is 8.36. The van der Waals surface area contributed by atoms with Crippen molar-refractivity contribution in [1.82, 2.24) is 10.2 Å². The molecule has 0 saturated carbocycles. The van der Waals surface area contributed by atoms with Crippen LogP contribution < -0.4 is 11.1 Å². The van der Waals surface area contributed by atoms with Crippen LogP contribution in [0.15, 0.2) is 0 Å². The predicted molar refractivity (Wildman–Crippen MR) is 65.9 cm³/mol. The van der Waals surface area contributed by atoms with Gasteiger partial charge < -0.3 is 21.1 Å². The molecule has 0 radical (unpaired) electrons. The maximum atomic E-state index is 11.7. The number of urea groups is 1. The summed E-state index contributed by atoms with van der Waals surface area (Å²) in [7, 11) is 0. The highest BCUT2D eigenvalue weighted by Gasteiger charge is 2.15. The van der Waals surface area contributed by atoms with Crippen LogP contribution >= 0.6 is 0 Å². The van der Waals surface area contributed by atoms with Gasteiger partial charge in [-0.15, -0.1) is 0 Å². The Hall–Kier alpha value is -1.79. The largest absolute Gasteiger partial charge is 0.481 e. The highest BCUT2D eigenvalue weighted by atomic mass is 16.4. The number of likely N-dealkylation sites (N-methyl/N-ethyl adjacent to an activating group) is 1. The average molecular weight is 259 g/mol. The second-order valence-electron chi connectivity index (χ2n) is 4.12. The van der Waals surface area contributed by atoms with Crippen molar-refractivity contribution in [1.29, 1.82) is 0 Å². The number of nitrogens with zero attached hydrogens (tertiary/aromatic N) is 1. The van der Waals surface area contributed by atoms with E-state index in [-0.39, 0.29) is 25.0 Å². The molecule has 0 aromatic rings. The molecule has 0 heterocycles. The first-order valence-corrected chi connectivity index (χ1v) is 5.92. The molecule has 3 amide bonds. The maximum Gasteiger partial charge on any atom is 0.318 e. The number of primary amides is 1. The van der Waals surface area contributed by atoms with Gasteiger partial charge in [-0.05, 0) is 26.7 Å². The lowest BCUT2D eigenvalue weighted by atomic mass is 10.1. The number of carboxylic acid groups (broad SMARTS) is 1. The molecule has 0 aliphatic heterocycles. The van der Waals surface area contributed by atoms with Gasteiger partial charge in [0.25, 0.3) is 0 Å². The first kappa shape index (κ1) is 16.2. The smallest absolute Gasteiger partial charge is 0.318 e. The summed E-state index contributed by atoms with van der Waals surface area (Å²) >= 11 is 0. The standard InChI is InChI=1S/C11H21N3O4/c1-3-14(7-9(12)15)11(18)13-8(2)5-4-6-10(16)17/h8H,3-7H2,1-2H3,(H2,12,15)(H,13,18)(H,16,17). The first-order valence-electron chi connectivity index (χ1n) is 5.92. The van der Waals surface area contributed by atoms with E-state index in [1.807, 2.05) is 0 Å². The van der Waals surface area contributed by atoms with Gasteiger partial charge in [0, 0.05) is 19.0 Å². The highest BCUT2D eigenvalue weighted by Crippen LogP contribution is 2.01. The number of hydrogen-bond donors (Lipinski definition) is 3. The summed E-state index contributed by atoms with van der Waals surface area (Å²) in [5.74, 6) is -1.41. The van der Waals surface area contributed by atoms with Crippen LogP contribution in [0.1, 0.15) is 33.1 Å². The van der Waals surface area contributed by atoms with Crippen molar-refractivity contribution in [2.45, 2.75) is 39.2 Å². The molecule has 7 nitrogen and oxygen atoms in total. The Morgan fingerprint density at radius 2 is 2.00 bits per heavy atom. The monoisotopic (exact) mass is 259 g/mol. The molecule has 0 aromatic heterocycles. The molecule has 18 heavy (non-hydrogen) atoms. The number of amides is 3. The van der Waals surface area contributed by atoms with E-state index in [0.717, 1.165) is 0 Å². The number of carboxylic acids is 1. The molecule has 7 heteroatoms. The van der Waals surface area contributed by atoms with Gasteiger partial charge in [-0.25, -0.2) is 4.79 Å². The van der Waals surface area contributed by atoms with Gasteiger partial charge in [-0.3, -0.25) is 9.59 Å². The minimum absolute atomic E-state index is 0.0823. The minimum Gasteiger partial charge on any atom is -0.481 e. The number of hydrogen-bond acceptors (Lipinski definition) is 3. The lowest BCUT2D eigenvalue weighted by Gasteiger charge is -2.22. The molecule has 0 rings (SSSR count). The molecule has 0 spiro atoms. The van der Waals surface area contributed by atoms with E-state index in [0.29, 0.717) is 19.4 Å². The number of rotatable bonds is 8. The molecule has 0 saturated heterocycles. The highest BCUT2D eigenvalue weighted by molar-refractivity contribution is 5.83. The summed E-state index contributed by atoms with van der Waals surface area (Å²) in [5, 5.41) is 11.2. The second kappa shape index (κ2) is 8.32. The summed E-state index contributed by atoms with van der Waals surface area (Å²) in [4.78, 5) is 34.1. The SMILES string of the molecule is CCN(CC(N)=O)C(=O)NC(C)CCCC(=O)O. The Kier molecular flexibility index (Phi) is 7.50. The molecule has 0 bridgehead atoms. The van der Waals surface area contributed by atoms with Crippen LogP contribution in [0.3, 0.4) is 0 Å². The lowest BCUT2D eigenvalue weighted by Crippen LogP contribution is -2.46. The van der Waals surface area contributed by atoms with Gasteiger partial charge in [0.15, 0.2) is 0 Å². The number of nitrogens with one attached hydrogen (secondary N) is 1. The van der Waals surface area contributed by atoms with Crippen LogP contribution in [-0.4, -0.2) is 47.0 Å². The third kappa shape index (κ3) is 7.48. The Balaban J connectivity index is 4.03. The quantitative estimate of drug-likeness (QED) is 0.575. The van der Waals surface area contributed by atoms with Crippen LogP contribution in [0.5, 0.6) is 0 Å². The molecule has 104 valence electrons. The fraction of sp³-hybridized carbons (Fsp3) is 0.727. The van der Waals surface area contributed by atoms with Crippen LogP contribution in [0.25, 0.3) is 0 Å². The lowest BCUT2D eigenvalue weighted by molar-refractivity contribution is -0.137. The zero-order valence-corrected chi connectivity index (χ0v) is 10.8. The van der Waals surface area contributed by atoms with Crippen molar-refractivity contribution < 1.29 is 19.5 Å². The fourth-order valence-electron chi connectivity index (χ4n) is 1.45. The Bertz CT molecular complexity index is 307. The molecule has 1 unspecified atom stereocenters. The zero-order valence-electron chi connectivity index (χ0n) is 10.8. The predicted octanol–water partition coefficient (Wildman–Crippen LogP) is 0.147. The molecule has 4 N–H and O–H groups in total. The number of carbonyl (C=O) groups is 3. The van der Waals surface area contributed by atoms with Gasteiger partial charge in [-0.2, -0.15) is 0 Å². The van der Waals surface area contributed by atoms with Crippen molar-refractivity contribution in [3.05, 3.63) is 0 Å². The van der Waals surface area contributed by atoms with E-state index in [9.17, 15) is 14.4 Å². The van der Waals surface area contributed by atoms with Gasteiger partial charge in [0.1, 0.15) is 6.54 Å². The second-order valence-corrected chi connectivity index (χ2v) is 4.12. The third-order valence-corrected chi connectivity index (χ3v) is 2.41. The Labute approximate surface area is 106 Å². The molecular formula is C11H21N3O4. The van der Waals surface area contributed by atoms with E-state index < -0.39 is 11.9 Å². The summed E-state index contributed by atoms with van der Waals surface area (Å²) in [6.45, 7) is 3.80. The molecule has 0 fully saturated rings. The van der Waals surface area contributed by atoms with Crippen LogP contribution in [-0.2, 0) is 9.59 Å². The van der Waals surface area contributed by atoms with E-state index in [4.69, 9.17) is 10.8 Å². The minimum atomic E-state index is -0.850. The maximum absolute atomic E-state index is 11.7. The molecular weight excluding hydrogens is 238 g/mol. The summed E-state index contributed by atoms with van der Waals surface area (Å²) in [6.07, 6.45) is 1.16. The number of aliphatic carboxylic acids is 1. The molecule has 0 aliphatic carbocycles. The van der Waals surface area contributed by atoms with Gasteiger partial charge in [0.2, 0.25) is 5.91 Å². The Morgan fingerprint density at radius 3 is 2.44 bits per heavy atom. The van der Waals surface area contributed by atoms with E-state index in [1.54, 1.807) is 13.8 Å². The van der Waals surface area contributed by atoms with Gasteiger partial charge >= 0.3 is 12.0 Å². The summed E-state index contributed by atoms with van der Waals surface area (Å²) in [5.41, 5.74) is 5.03. The van der Waals surface area contributed by atoms with Crippen molar-refractivity contribution in [2.24, 2.45) is 5.73 Å². The third-order valence-electron chi connectivity index (χ3n) is 2.41. The number of nitrogens with two attached hydrogens (primary N) is 1. The van der Waals surface area contributed by atoms with E-state index >= 15 is 0 Å². The van der Waals surface area contributed by atoms with Crippen molar-refractivity contribution in [2.75, 3.05) is 13.1 Å². The average Bonchev–Trinajstić information content (AvgIpc) is 2.24. The zero-order chi connectivity index (χ0) is 14.1. The fourth-order valence-corrected chi connectivity index (χ4v) is 1.45. The van der Waals surface area contributed by atoms with Crippen molar-refractivity contribution in [3.63, 3.8) is 0 Å². The van der Waals surface area contributed by atoms with Gasteiger partial charge in [0.05, 0.1) is 0 Å². The summed E-state index contributed by atoms with van der Waals surface area (Å²) in [6, 6.07) is -0.502. The van der Waals surface area contributed by atoms with E-state index in [1.165, 1.54) is 4.90 Å². The van der Waals surface area contributed by atoms with Crippen LogP contribution in [0.2, 0.25) is 0 Å². The molecule has 0 aliphatic rings. The van der Waals surface area contributed by atoms with Crippen LogP contribution in [0.4, 0.5) is 4.79 Å². The molecule has 1 atom stereocenters. The molecule has 0 aromatic carbocycles. The van der Waals surface area contributed by atoms with E-state index in [2.05, 4.69) is 5.32 Å². The normalized spacial score (nSPS) is 11.7. The van der Waals surface area contributed by atoms with Gasteiger partial charge in [-0.1, -0.05) is 0 Å².